The first-order chi connectivity index (χ1) is 22.3. The Bertz CT molecular complexity index is 1940. The van der Waals surface area contributed by atoms with Crippen molar-refractivity contribution in [1.82, 2.24) is 34.9 Å². The van der Waals surface area contributed by atoms with E-state index in [1.807, 2.05) is 67.3 Å². The average molecular weight is 613 g/mol. The van der Waals surface area contributed by atoms with Crippen molar-refractivity contribution in [3.05, 3.63) is 96.6 Å². The molecule has 2 amide bonds. The molecule has 232 valence electrons. The SMILES string of the molecule is Cc1cc(-c2n[nH]c3ccc(NC(=O)[C@]4(C)CCN(CC(=O)N5CC=C(c6ccc(-c7ncccn7)cc6)CC5)C4)cc23)ccn1. The third-order valence-electron chi connectivity index (χ3n) is 9.09. The van der Waals surface area contributed by atoms with Crippen molar-refractivity contribution in [3.8, 4) is 22.6 Å². The van der Waals surface area contributed by atoms with Crippen molar-refractivity contribution in [1.29, 1.82) is 0 Å². The zero-order valence-electron chi connectivity index (χ0n) is 26.0. The molecule has 5 aromatic rings. The van der Waals surface area contributed by atoms with Crippen LogP contribution in [0.1, 0.15) is 31.0 Å². The van der Waals surface area contributed by atoms with E-state index in [4.69, 9.17) is 0 Å². The Morgan fingerprint density at radius 2 is 1.74 bits per heavy atom. The smallest absolute Gasteiger partial charge is 0.237 e. The van der Waals surface area contributed by atoms with Gasteiger partial charge < -0.3 is 10.2 Å². The van der Waals surface area contributed by atoms with E-state index in [9.17, 15) is 9.59 Å². The first-order valence-corrected chi connectivity index (χ1v) is 15.6. The number of pyridine rings is 1. The quantitative estimate of drug-likeness (QED) is 0.254. The van der Waals surface area contributed by atoms with Crippen LogP contribution in [-0.4, -0.2) is 79.5 Å². The summed E-state index contributed by atoms with van der Waals surface area (Å²) in [5, 5.41) is 11.7. The number of carbonyl (C=O) groups excluding carboxylic acids is 2. The Hall–Kier alpha value is -5.22. The highest BCUT2D eigenvalue weighted by atomic mass is 16.2. The van der Waals surface area contributed by atoms with E-state index in [0.717, 1.165) is 51.1 Å². The lowest BCUT2D eigenvalue weighted by Crippen LogP contribution is -2.43. The van der Waals surface area contributed by atoms with Crippen LogP contribution in [-0.2, 0) is 9.59 Å². The number of H-pyrrole nitrogens is 1. The fourth-order valence-electron chi connectivity index (χ4n) is 6.39. The summed E-state index contributed by atoms with van der Waals surface area (Å²) in [4.78, 5) is 43.7. The molecule has 1 fully saturated rings. The number of hydrogen-bond donors (Lipinski definition) is 2. The minimum absolute atomic E-state index is 0.0398. The van der Waals surface area contributed by atoms with Gasteiger partial charge in [0.25, 0.3) is 0 Å². The molecule has 2 N–H and O–H groups in total. The Labute approximate surface area is 267 Å². The van der Waals surface area contributed by atoms with Gasteiger partial charge in [0.1, 0.15) is 5.69 Å². The molecular formula is C36H36N8O2. The van der Waals surface area contributed by atoms with E-state index in [2.05, 4.69) is 53.6 Å². The monoisotopic (exact) mass is 612 g/mol. The van der Waals surface area contributed by atoms with Crippen LogP contribution < -0.4 is 5.32 Å². The molecule has 2 aliphatic heterocycles. The molecule has 0 bridgehead atoms. The van der Waals surface area contributed by atoms with E-state index >= 15 is 0 Å². The number of nitrogens with zero attached hydrogens (tertiary/aromatic N) is 6. The standard InChI is InChI=1S/C36H36N8O2/c1-24-20-28(10-16-37-24)33-30-21-29(8-9-31(30)41-42-33)40-35(46)36(2)13-19-43(23-36)22-32(45)44-17-11-26(12-18-44)25-4-6-27(7-5-25)34-38-14-3-15-39-34/h3-11,14-16,20-21H,12-13,17-19,22-23H2,1-2H3,(H,40,46)(H,41,42)/t36-/m1/s1. The largest absolute Gasteiger partial charge is 0.338 e. The number of hydrogen-bond acceptors (Lipinski definition) is 7. The minimum atomic E-state index is -0.595. The summed E-state index contributed by atoms with van der Waals surface area (Å²) in [5.41, 5.74) is 7.11. The van der Waals surface area contributed by atoms with Gasteiger partial charge in [-0.2, -0.15) is 5.10 Å². The second kappa shape index (κ2) is 12.3. The molecule has 1 saturated heterocycles. The number of nitrogens with one attached hydrogen (secondary N) is 2. The predicted octanol–water partition coefficient (Wildman–Crippen LogP) is 5.36. The van der Waals surface area contributed by atoms with Crippen LogP contribution in [0.4, 0.5) is 5.69 Å². The van der Waals surface area contributed by atoms with Crippen molar-refractivity contribution in [2.45, 2.75) is 26.7 Å². The topological polar surface area (TPSA) is 120 Å². The zero-order chi connectivity index (χ0) is 31.7. The number of aromatic amines is 1. The van der Waals surface area contributed by atoms with Crippen molar-refractivity contribution >= 4 is 34.0 Å². The zero-order valence-corrected chi connectivity index (χ0v) is 26.0. The third kappa shape index (κ3) is 6.03. The van der Waals surface area contributed by atoms with E-state index in [-0.39, 0.29) is 11.8 Å². The fraction of sp³-hybridized carbons (Fsp3) is 0.278. The van der Waals surface area contributed by atoms with Gasteiger partial charge in [0, 0.05) is 66.1 Å². The van der Waals surface area contributed by atoms with Gasteiger partial charge in [0.15, 0.2) is 5.82 Å². The van der Waals surface area contributed by atoms with Crippen molar-refractivity contribution in [2.75, 3.05) is 38.0 Å². The van der Waals surface area contributed by atoms with Gasteiger partial charge in [0.05, 0.1) is 17.5 Å². The van der Waals surface area contributed by atoms with Gasteiger partial charge in [-0.1, -0.05) is 30.3 Å². The number of likely N-dealkylation sites (tertiary alicyclic amines) is 1. The maximum absolute atomic E-state index is 13.5. The first-order valence-electron chi connectivity index (χ1n) is 15.6. The molecule has 0 unspecified atom stereocenters. The molecule has 3 aromatic heterocycles. The molecule has 7 rings (SSSR count). The molecule has 10 nitrogen and oxygen atoms in total. The number of carbonyl (C=O) groups is 2. The molecular weight excluding hydrogens is 576 g/mol. The van der Waals surface area contributed by atoms with Gasteiger partial charge in [0.2, 0.25) is 11.8 Å². The Morgan fingerprint density at radius 1 is 0.935 bits per heavy atom. The van der Waals surface area contributed by atoms with Crippen LogP contribution in [0, 0.1) is 12.3 Å². The summed E-state index contributed by atoms with van der Waals surface area (Å²) >= 11 is 0. The summed E-state index contributed by atoms with van der Waals surface area (Å²) in [6, 6.07) is 19.8. The third-order valence-corrected chi connectivity index (χ3v) is 9.09. The number of rotatable bonds is 7. The van der Waals surface area contributed by atoms with E-state index < -0.39 is 5.41 Å². The maximum Gasteiger partial charge on any atom is 0.237 e. The lowest BCUT2D eigenvalue weighted by atomic mass is 9.88. The molecule has 5 heterocycles. The molecule has 0 aliphatic carbocycles. The predicted molar refractivity (Wildman–Crippen MR) is 178 cm³/mol. The number of fused-ring (bicyclic) bond motifs is 1. The number of benzene rings is 2. The number of aryl methyl sites for hydroxylation is 1. The van der Waals surface area contributed by atoms with Gasteiger partial charge in [-0.15, -0.1) is 0 Å². The highest BCUT2D eigenvalue weighted by Crippen LogP contribution is 2.33. The van der Waals surface area contributed by atoms with Crippen LogP contribution >= 0.6 is 0 Å². The Balaban J connectivity index is 0.945. The van der Waals surface area contributed by atoms with Crippen LogP contribution in [0.3, 0.4) is 0 Å². The van der Waals surface area contributed by atoms with Crippen LogP contribution in [0.2, 0.25) is 0 Å². The summed E-state index contributed by atoms with van der Waals surface area (Å²) in [6.07, 6.45) is 8.90. The fourth-order valence-corrected chi connectivity index (χ4v) is 6.39. The Morgan fingerprint density at radius 3 is 2.50 bits per heavy atom. The normalized spacial score (nSPS) is 18.5. The molecule has 10 heteroatoms. The molecule has 0 spiro atoms. The lowest BCUT2D eigenvalue weighted by Gasteiger charge is -2.29. The molecule has 2 aromatic carbocycles. The molecule has 0 radical (unpaired) electrons. The molecule has 46 heavy (non-hydrogen) atoms. The highest BCUT2D eigenvalue weighted by molar-refractivity contribution is 6.00. The summed E-state index contributed by atoms with van der Waals surface area (Å²) in [7, 11) is 0. The van der Waals surface area contributed by atoms with Crippen molar-refractivity contribution < 1.29 is 9.59 Å². The van der Waals surface area contributed by atoms with E-state index in [0.29, 0.717) is 45.0 Å². The highest BCUT2D eigenvalue weighted by Gasteiger charge is 2.41. The maximum atomic E-state index is 13.5. The van der Waals surface area contributed by atoms with Crippen LogP contribution in [0.5, 0.6) is 0 Å². The summed E-state index contributed by atoms with van der Waals surface area (Å²) < 4.78 is 0. The number of amides is 2. The van der Waals surface area contributed by atoms with Crippen LogP contribution in [0.15, 0.2) is 85.3 Å². The average Bonchev–Trinajstić information content (AvgIpc) is 3.69. The second-order valence-corrected chi connectivity index (χ2v) is 12.5. The lowest BCUT2D eigenvalue weighted by molar-refractivity contribution is -0.132. The van der Waals surface area contributed by atoms with Gasteiger partial charge in [-0.3, -0.25) is 24.6 Å². The Kier molecular flexibility index (Phi) is 7.88. The second-order valence-electron chi connectivity index (χ2n) is 12.5. The first kappa shape index (κ1) is 29.5. The van der Waals surface area contributed by atoms with E-state index in [1.165, 1.54) is 5.57 Å². The molecule has 2 aliphatic rings. The summed E-state index contributed by atoms with van der Waals surface area (Å²) in [6.45, 7) is 6.75. The van der Waals surface area contributed by atoms with Crippen LogP contribution in [0.25, 0.3) is 39.1 Å². The van der Waals surface area contributed by atoms with Gasteiger partial charge in [-0.05, 0) is 80.8 Å². The van der Waals surface area contributed by atoms with Crippen molar-refractivity contribution in [3.63, 3.8) is 0 Å². The van der Waals surface area contributed by atoms with Gasteiger partial charge >= 0.3 is 0 Å². The molecule has 1 atom stereocenters. The van der Waals surface area contributed by atoms with Gasteiger partial charge in [-0.25, -0.2) is 9.97 Å². The number of anilines is 1. The van der Waals surface area contributed by atoms with E-state index in [1.54, 1.807) is 18.6 Å². The number of aromatic nitrogens is 5. The summed E-state index contributed by atoms with van der Waals surface area (Å²) in [5.74, 6) is 0.767. The van der Waals surface area contributed by atoms with Crippen molar-refractivity contribution in [2.24, 2.45) is 5.41 Å². The minimum Gasteiger partial charge on any atom is -0.338 e. The molecule has 0 saturated carbocycles.